The Bertz CT molecular complexity index is 1110. The summed E-state index contributed by atoms with van der Waals surface area (Å²) in [6.45, 7) is 8.43. The number of halogens is 3. The van der Waals surface area contributed by atoms with E-state index in [9.17, 15) is 13.2 Å². The molecule has 1 atom stereocenters. The van der Waals surface area contributed by atoms with Gasteiger partial charge in [-0.05, 0) is 43.0 Å². The zero-order chi connectivity index (χ0) is 25.5. The smallest absolute Gasteiger partial charge is 0.475 e. The van der Waals surface area contributed by atoms with Crippen molar-refractivity contribution in [3.63, 3.8) is 0 Å². The molecule has 35 heavy (non-hydrogen) atoms. The first-order chi connectivity index (χ1) is 16.5. The van der Waals surface area contributed by atoms with Gasteiger partial charge in [-0.25, -0.2) is 14.8 Å². The zero-order valence-corrected chi connectivity index (χ0v) is 19.6. The normalized spacial score (nSPS) is 18.0. The molecule has 0 radical (unpaired) electrons. The Balaban J connectivity index is 0.000000429. The van der Waals surface area contributed by atoms with Crippen LogP contribution in [-0.4, -0.2) is 56.7 Å². The minimum atomic E-state index is -5.08. The molecule has 0 spiro atoms. The van der Waals surface area contributed by atoms with Crippen LogP contribution in [0.4, 0.5) is 19.0 Å². The van der Waals surface area contributed by atoms with Crippen molar-refractivity contribution in [2.45, 2.75) is 33.0 Å². The van der Waals surface area contributed by atoms with Gasteiger partial charge in [0.05, 0.1) is 11.4 Å². The van der Waals surface area contributed by atoms with Gasteiger partial charge in [0.2, 0.25) is 0 Å². The van der Waals surface area contributed by atoms with Gasteiger partial charge in [0.1, 0.15) is 11.6 Å². The van der Waals surface area contributed by atoms with Crippen LogP contribution in [0.25, 0.3) is 11.4 Å². The molecule has 2 aromatic heterocycles. The van der Waals surface area contributed by atoms with E-state index in [1.54, 1.807) is 6.20 Å². The van der Waals surface area contributed by atoms with Gasteiger partial charge < -0.3 is 10.4 Å². The Kier molecular flexibility index (Phi) is 8.39. The molecule has 0 aliphatic carbocycles. The van der Waals surface area contributed by atoms with Crippen LogP contribution in [0.2, 0.25) is 0 Å². The number of aryl methyl sites for hydroxylation is 1. The van der Waals surface area contributed by atoms with E-state index in [-0.39, 0.29) is 5.41 Å². The molecule has 1 saturated heterocycles. The average Bonchev–Trinajstić information content (AvgIpc) is 3.19. The highest BCUT2D eigenvalue weighted by Gasteiger charge is 2.38. The van der Waals surface area contributed by atoms with Crippen molar-refractivity contribution in [3.05, 3.63) is 72.2 Å². The molecule has 1 aliphatic heterocycles. The number of pyridine rings is 1. The summed E-state index contributed by atoms with van der Waals surface area (Å²) in [7, 11) is 0. The lowest BCUT2D eigenvalue weighted by Gasteiger charge is -2.25. The van der Waals surface area contributed by atoms with Gasteiger partial charge in [-0.3, -0.25) is 9.88 Å². The summed E-state index contributed by atoms with van der Waals surface area (Å²) in [4.78, 5) is 25.0. The molecular weight excluding hydrogens is 459 g/mol. The van der Waals surface area contributed by atoms with E-state index in [1.807, 2.05) is 31.2 Å². The number of aromatic nitrogens is 3. The SMILES string of the molecule is Cc1nc(NCC2(C)CCN(Cc3ccccc3)C2)cc(-c2ccccn2)n1.O=C(O)C(F)(F)F. The number of hydrogen-bond acceptors (Lipinski definition) is 6. The highest BCUT2D eigenvalue weighted by Crippen LogP contribution is 2.31. The van der Waals surface area contributed by atoms with Crippen LogP contribution in [0.1, 0.15) is 24.7 Å². The van der Waals surface area contributed by atoms with Crippen LogP contribution < -0.4 is 5.32 Å². The van der Waals surface area contributed by atoms with Crippen LogP contribution in [-0.2, 0) is 11.3 Å². The molecule has 0 bridgehead atoms. The standard InChI is InChI=1S/C23H27N5.C2HF3O2/c1-18-26-21(20-10-6-7-12-24-20)14-22(27-18)25-16-23(2)11-13-28(17-23)15-19-8-4-3-5-9-19;3-2(4,5)1(6)7/h3-10,12,14H,11,13,15-17H2,1-2H3,(H,25,26,27);(H,6,7). The van der Waals surface area contributed by atoms with E-state index in [0.717, 1.165) is 49.2 Å². The maximum atomic E-state index is 10.6. The third kappa shape index (κ3) is 8.03. The number of benzene rings is 1. The Morgan fingerprint density at radius 1 is 1.11 bits per heavy atom. The van der Waals surface area contributed by atoms with Gasteiger partial charge >= 0.3 is 12.1 Å². The number of alkyl halides is 3. The number of carbonyl (C=O) groups is 1. The number of anilines is 1. The predicted molar refractivity (Wildman–Crippen MR) is 127 cm³/mol. The minimum Gasteiger partial charge on any atom is -0.475 e. The number of nitrogens with zero attached hydrogens (tertiary/aromatic N) is 4. The number of carboxylic acid groups (broad SMARTS) is 1. The predicted octanol–water partition coefficient (Wildman–Crippen LogP) is 4.80. The Hall–Kier alpha value is -3.53. The molecule has 10 heteroatoms. The number of carboxylic acids is 1. The van der Waals surface area contributed by atoms with Crippen molar-refractivity contribution in [2.75, 3.05) is 25.0 Å². The van der Waals surface area contributed by atoms with Crippen molar-refractivity contribution in [2.24, 2.45) is 5.41 Å². The van der Waals surface area contributed by atoms with Crippen molar-refractivity contribution < 1.29 is 23.1 Å². The van der Waals surface area contributed by atoms with Crippen LogP contribution in [0.15, 0.2) is 60.8 Å². The van der Waals surface area contributed by atoms with E-state index in [0.29, 0.717) is 0 Å². The fraction of sp³-hybridized carbons (Fsp3) is 0.360. The van der Waals surface area contributed by atoms with E-state index in [4.69, 9.17) is 9.90 Å². The highest BCUT2D eigenvalue weighted by molar-refractivity contribution is 5.73. The second kappa shape index (κ2) is 11.3. The summed E-state index contributed by atoms with van der Waals surface area (Å²) in [6.07, 6.45) is -2.11. The molecule has 3 heterocycles. The monoisotopic (exact) mass is 487 g/mol. The summed E-state index contributed by atoms with van der Waals surface area (Å²) in [5, 5.41) is 10.7. The van der Waals surface area contributed by atoms with Gasteiger partial charge in [-0.15, -0.1) is 0 Å². The second-order valence-corrected chi connectivity index (χ2v) is 8.81. The number of hydrogen-bond donors (Lipinski definition) is 2. The van der Waals surface area contributed by atoms with Crippen LogP contribution in [0.3, 0.4) is 0 Å². The van der Waals surface area contributed by atoms with Gasteiger partial charge in [0.15, 0.2) is 0 Å². The average molecular weight is 488 g/mol. The van der Waals surface area contributed by atoms with E-state index < -0.39 is 12.1 Å². The molecule has 2 N–H and O–H groups in total. The molecule has 1 unspecified atom stereocenters. The summed E-state index contributed by atoms with van der Waals surface area (Å²) in [6, 6.07) is 18.6. The lowest BCUT2D eigenvalue weighted by atomic mass is 9.90. The molecule has 4 rings (SSSR count). The molecule has 1 aliphatic rings. The minimum absolute atomic E-state index is 0.235. The van der Waals surface area contributed by atoms with Crippen LogP contribution >= 0.6 is 0 Å². The van der Waals surface area contributed by atoms with Crippen LogP contribution in [0.5, 0.6) is 0 Å². The molecule has 186 valence electrons. The van der Waals surface area contributed by atoms with E-state index >= 15 is 0 Å². The first-order valence-corrected chi connectivity index (χ1v) is 11.1. The van der Waals surface area contributed by atoms with Crippen molar-refractivity contribution in [1.82, 2.24) is 19.9 Å². The zero-order valence-electron chi connectivity index (χ0n) is 19.6. The highest BCUT2D eigenvalue weighted by atomic mass is 19.4. The van der Waals surface area contributed by atoms with E-state index in [2.05, 4.69) is 62.4 Å². The van der Waals surface area contributed by atoms with Gasteiger partial charge in [0.25, 0.3) is 0 Å². The third-order valence-electron chi connectivity index (χ3n) is 5.59. The first kappa shape index (κ1) is 26.1. The maximum Gasteiger partial charge on any atom is 0.490 e. The number of aliphatic carboxylic acids is 1. The Morgan fingerprint density at radius 3 is 2.43 bits per heavy atom. The quantitative estimate of drug-likeness (QED) is 0.516. The maximum absolute atomic E-state index is 10.6. The summed E-state index contributed by atoms with van der Waals surface area (Å²) >= 11 is 0. The third-order valence-corrected chi connectivity index (χ3v) is 5.59. The van der Waals surface area contributed by atoms with Crippen molar-refractivity contribution in [1.29, 1.82) is 0 Å². The van der Waals surface area contributed by atoms with Crippen molar-refractivity contribution in [3.8, 4) is 11.4 Å². The lowest BCUT2D eigenvalue weighted by molar-refractivity contribution is -0.192. The molecule has 3 aromatic rings. The van der Waals surface area contributed by atoms with Gasteiger partial charge in [-0.2, -0.15) is 13.2 Å². The molecule has 1 aromatic carbocycles. The van der Waals surface area contributed by atoms with E-state index in [1.165, 1.54) is 12.0 Å². The molecule has 7 nitrogen and oxygen atoms in total. The fourth-order valence-corrected chi connectivity index (χ4v) is 3.85. The molecule has 0 saturated carbocycles. The Labute approximate surface area is 202 Å². The number of nitrogens with one attached hydrogen (secondary N) is 1. The topological polar surface area (TPSA) is 91.2 Å². The van der Waals surface area contributed by atoms with Gasteiger partial charge in [-0.1, -0.05) is 43.3 Å². The largest absolute Gasteiger partial charge is 0.490 e. The summed E-state index contributed by atoms with van der Waals surface area (Å²) < 4.78 is 31.7. The number of likely N-dealkylation sites (tertiary alicyclic amines) is 1. The second-order valence-electron chi connectivity index (χ2n) is 8.81. The first-order valence-electron chi connectivity index (χ1n) is 11.1. The Morgan fingerprint density at radius 2 is 1.80 bits per heavy atom. The van der Waals surface area contributed by atoms with Crippen LogP contribution in [0, 0.1) is 12.3 Å². The summed E-state index contributed by atoms with van der Waals surface area (Å²) in [5.41, 5.74) is 3.35. The summed E-state index contributed by atoms with van der Waals surface area (Å²) in [5.74, 6) is -1.13. The van der Waals surface area contributed by atoms with Crippen molar-refractivity contribution >= 4 is 11.8 Å². The molecule has 1 fully saturated rings. The lowest BCUT2D eigenvalue weighted by Crippen LogP contribution is -2.31. The number of rotatable bonds is 6. The fourth-order valence-electron chi connectivity index (χ4n) is 3.85. The molecular formula is C25H28F3N5O2. The molecule has 0 amide bonds. The van der Waals surface area contributed by atoms with Gasteiger partial charge in [0, 0.05) is 31.9 Å².